The van der Waals surface area contributed by atoms with Crippen molar-refractivity contribution < 1.29 is 14.3 Å². The number of nitrogens with one attached hydrogen (secondary N) is 2. The van der Waals surface area contributed by atoms with Crippen molar-refractivity contribution in [3.05, 3.63) is 41.1 Å². The van der Waals surface area contributed by atoms with Crippen LogP contribution in [0.4, 0.5) is 10.5 Å². The van der Waals surface area contributed by atoms with E-state index in [1.807, 2.05) is 24.3 Å². The second-order valence-corrected chi connectivity index (χ2v) is 8.12. The molecule has 1 fully saturated rings. The van der Waals surface area contributed by atoms with E-state index >= 15 is 0 Å². The van der Waals surface area contributed by atoms with Crippen molar-refractivity contribution in [2.24, 2.45) is 5.92 Å². The SMILES string of the molecule is CCN(CC)c1ccc(C2NC(=O)NC(C)=C2C(=O)OC2CCC(C)CC2)cc1. The number of rotatable bonds is 6. The van der Waals surface area contributed by atoms with Crippen LogP contribution in [0.5, 0.6) is 0 Å². The number of allylic oxidation sites excluding steroid dienone is 1. The summed E-state index contributed by atoms with van der Waals surface area (Å²) >= 11 is 0. The molecule has 2 aliphatic rings. The maximum Gasteiger partial charge on any atom is 0.338 e. The van der Waals surface area contributed by atoms with Gasteiger partial charge in [-0.05, 0) is 70.1 Å². The number of anilines is 1. The minimum Gasteiger partial charge on any atom is -0.459 e. The largest absolute Gasteiger partial charge is 0.459 e. The van der Waals surface area contributed by atoms with E-state index in [9.17, 15) is 9.59 Å². The minimum atomic E-state index is -0.510. The molecule has 1 aromatic rings. The zero-order chi connectivity index (χ0) is 21.0. The third-order valence-electron chi connectivity index (χ3n) is 6.08. The molecule has 1 unspecified atom stereocenters. The van der Waals surface area contributed by atoms with E-state index < -0.39 is 6.04 Å². The normalized spacial score (nSPS) is 24.6. The lowest BCUT2D eigenvalue weighted by atomic mass is 9.88. The molecule has 2 N–H and O–H groups in total. The number of amides is 2. The van der Waals surface area contributed by atoms with E-state index in [2.05, 4.69) is 36.3 Å². The standard InChI is InChI=1S/C23H33N3O3/c1-5-26(6-2)18-11-9-17(10-12-18)21-20(16(4)24-23(28)25-21)22(27)29-19-13-7-15(3)8-14-19/h9-12,15,19,21H,5-8,13-14H2,1-4H3,(H2,24,25,28). The van der Waals surface area contributed by atoms with Crippen molar-refractivity contribution in [1.29, 1.82) is 0 Å². The van der Waals surface area contributed by atoms with Crippen LogP contribution in [0.25, 0.3) is 0 Å². The molecular formula is C23H33N3O3. The Hall–Kier alpha value is -2.50. The van der Waals surface area contributed by atoms with Gasteiger partial charge < -0.3 is 20.3 Å². The first-order valence-electron chi connectivity index (χ1n) is 10.8. The zero-order valence-electron chi connectivity index (χ0n) is 18.0. The van der Waals surface area contributed by atoms with Crippen LogP contribution in [-0.4, -0.2) is 31.2 Å². The zero-order valence-corrected chi connectivity index (χ0v) is 18.0. The second kappa shape index (κ2) is 9.33. The molecule has 0 spiro atoms. The highest BCUT2D eigenvalue weighted by atomic mass is 16.5. The highest BCUT2D eigenvalue weighted by Gasteiger charge is 2.34. The van der Waals surface area contributed by atoms with Crippen LogP contribution in [-0.2, 0) is 9.53 Å². The summed E-state index contributed by atoms with van der Waals surface area (Å²) < 4.78 is 5.84. The molecule has 6 nitrogen and oxygen atoms in total. The van der Waals surface area contributed by atoms with Gasteiger partial charge in [0.15, 0.2) is 0 Å². The number of carbonyl (C=O) groups is 2. The van der Waals surface area contributed by atoms with E-state index in [-0.39, 0.29) is 18.1 Å². The highest BCUT2D eigenvalue weighted by molar-refractivity contribution is 5.95. The molecule has 1 atom stereocenters. The van der Waals surface area contributed by atoms with E-state index in [0.717, 1.165) is 50.0 Å². The van der Waals surface area contributed by atoms with Gasteiger partial charge in [0.25, 0.3) is 0 Å². The third-order valence-corrected chi connectivity index (χ3v) is 6.08. The van der Waals surface area contributed by atoms with Gasteiger partial charge in [0.1, 0.15) is 6.10 Å². The molecule has 1 aliphatic heterocycles. The summed E-state index contributed by atoms with van der Waals surface area (Å²) in [5, 5.41) is 5.62. The Morgan fingerprint density at radius 3 is 2.31 bits per heavy atom. The molecule has 1 heterocycles. The summed E-state index contributed by atoms with van der Waals surface area (Å²) in [6.07, 6.45) is 3.94. The molecular weight excluding hydrogens is 366 g/mol. The summed E-state index contributed by atoms with van der Waals surface area (Å²) in [4.78, 5) is 27.4. The molecule has 29 heavy (non-hydrogen) atoms. The fraction of sp³-hybridized carbons (Fsp3) is 0.565. The quantitative estimate of drug-likeness (QED) is 0.701. The van der Waals surface area contributed by atoms with Crippen molar-refractivity contribution in [1.82, 2.24) is 10.6 Å². The molecule has 158 valence electrons. The van der Waals surface area contributed by atoms with Crippen LogP contribution in [0.1, 0.15) is 65.0 Å². The molecule has 0 bridgehead atoms. The maximum atomic E-state index is 13.0. The molecule has 0 aromatic heterocycles. The van der Waals surface area contributed by atoms with E-state index in [0.29, 0.717) is 17.2 Å². The lowest BCUT2D eigenvalue weighted by Crippen LogP contribution is -2.45. The number of benzene rings is 1. The van der Waals surface area contributed by atoms with E-state index in [1.165, 1.54) is 0 Å². The van der Waals surface area contributed by atoms with Gasteiger partial charge in [-0.2, -0.15) is 0 Å². The Kier molecular flexibility index (Phi) is 6.83. The Bertz CT molecular complexity index is 760. The van der Waals surface area contributed by atoms with Crippen molar-refractivity contribution >= 4 is 17.7 Å². The van der Waals surface area contributed by atoms with Crippen LogP contribution < -0.4 is 15.5 Å². The lowest BCUT2D eigenvalue weighted by Gasteiger charge is -2.31. The van der Waals surface area contributed by atoms with Crippen LogP contribution in [0.15, 0.2) is 35.5 Å². The van der Waals surface area contributed by atoms with Crippen molar-refractivity contribution in [2.75, 3.05) is 18.0 Å². The van der Waals surface area contributed by atoms with Crippen LogP contribution in [0, 0.1) is 5.92 Å². The predicted octanol–water partition coefficient (Wildman–Crippen LogP) is 4.28. The van der Waals surface area contributed by atoms with Gasteiger partial charge in [0.05, 0.1) is 11.6 Å². The molecule has 2 amide bonds. The molecule has 1 aromatic carbocycles. The first kappa shape index (κ1) is 21.2. The Morgan fingerprint density at radius 2 is 1.72 bits per heavy atom. The summed E-state index contributed by atoms with van der Waals surface area (Å²) in [6, 6.07) is 7.22. The summed E-state index contributed by atoms with van der Waals surface area (Å²) in [6.45, 7) is 10.1. The van der Waals surface area contributed by atoms with Gasteiger partial charge >= 0.3 is 12.0 Å². The number of hydrogen-bond acceptors (Lipinski definition) is 4. The van der Waals surface area contributed by atoms with Crippen LogP contribution in [0.3, 0.4) is 0 Å². The highest BCUT2D eigenvalue weighted by Crippen LogP contribution is 2.31. The smallest absolute Gasteiger partial charge is 0.338 e. The third kappa shape index (κ3) is 4.92. The fourth-order valence-corrected chi connectivity index (χ4v) is 4.24. The summed E-state index contributed by atoms with van der Waals surface area (Å²) in [5.74, 6) is 0.353. The van der Waals surface area contributed by atoms with Crippen molar-refractivity contribution in [3.63, 3.8) is 0 Å². The molecule has 0 radical (unpaired) electrons. The summed E-state index contributed by atoms with van der Waals surface area (Å²) in [5.41, 5.74) is 3.04. The molecule has 0 saturated heterocycles. The maximum absolute atomic E-state index is 13.0. The minimum absolute atomic E-state index is 0.0395. The first-order chi connectivity index (χ1) is 13.9. The molecule has 1 saturated carbocycles. The fourth-order valence-electron chi connectivity index (χ4n) is 4.24. The van der Waals surface area contributed by atoms with E-state index in [1.54, 1.807) is 6.92 Å². The number of ether oxygens (including phenoxy) is 1. The van der Waals surface area contributed by atoms with Gasteiger partial charge in [-0.1, -0.05) is 19.1 Å². The first-order valence-corrected chi connectivity index (χ1v) is 10.8. The Balaban J connectivity index is 1.81. The van der Waals surface area contributed by atoms with Crippen LogP contribution >= 0.6 is 0 Å². The van der Waals surface area contributed by atoms with Gasteiger partial charge in [-0.15, -0.1) is 0 Å². The average Bonchev–Trinajstić information content (AvgIpc) is 2.70. The number of urea groups is 1. The Morgan fingerprint density at radius 1 is 1.10 bits per heavy atom. The van der Waals surface area contributed by atoms with E-state index in [4.69, 9.17) is 4.74 Å². The number of carbonyl (C=O) groups excluding carboxylic acids is 2. The summed E-state index contributed by atoms with van der Waals surface area (Å²) in [7, 11) is 0. The molecule has 6 heteroatoms. The van der Waals surface area contributed by atoms with Gasteiger partial charge in [-0.25, -0.2) is 9.59 Å². The van der Waals surface area contributed by atoms with Crippen molar-refractivity contribution in [3.8, 4) is 0 Å². The monoisotopic (exact) mass is 399 g/mol. The van der Waals surface area contributed by atoms with Crippen molar-refractivity contribution in [2.45, 2.75) is 65.5 Å². The lowest BCUT2D eigenvalue weighted by molar-refractivity contribution is -0.146. The van der Waals surface area contributed by atoms with Gasteiger partial charge in [0.2, 0.25) is 0 Å². The second-order valence-electron chi connectivity index (χ2n) is 8.12. The number of hydrogen-bond donors (Lipinski definition) is 2. The van der Waals surface area contributed by atoms with Gasteiger partial charge in [0, 0.05) is 24.5 Å². The molecule has 1 aliphatic carbocycles. The van der Waals surface area contributed by atoms with Crippen LogP contribution in [0.2, 0.25) is 0 Å². The topological polar surface area (TPSA) is 70.7 Å². The predicted molar refractivity (Wildman–Crippen MR) is 115 cm³/mol. The molecule has 3 rings (SSSR count). The number of esters is 1. The number of nitrogens with zero attached hydrogens (tertiary/aromatic N) is 1. The average molecular weight is 400 g/mol. The van der Waals surface area contributed by atoms with Gasteiger partial charge in [-0.3, -0.25) is 0 Å². The Labute approximate surface area is 173 Å².